The molecule has 0 spiro atoms. The molecule has 3 rings (SSSR count). The second kappa shape index (κ2) is 5.63. The Hall–Kier alpha value is -1.88. The molecule has 1 aliphatic heterocycles. The second-order valence-corrected chi connectivity index (χ2v) is 5.30. The molecule has 1 atom stereocenters. The number of aromatic amines is 1. The Kier molecular flexibility index (Phi) is 3.69. The summed E-state index contributed by atoms with van der Waals surface area (Å²) in [6.07, 6.45) is 0.997. The minimum Gasteiger partial charge on any atom is -0.337 e. The molecule has 1 fully saturated rings. The number of nitrogens with zero attached hydrogens (tertiary/aromatic N) is 3. The Morgan fingerprint density at radius 1 is 1.35 bits per heavy atom. The van der Waals surface area contributed by atoms with Crippen molar-refractivity contribution in [2.45, 2.75) is 26.3 Å². The normalized spacial score (nSPS) is 19.3. The van der Waals surface area contributed by atoms with Crippen molar-refractivity contribution < 1.29 is 0 Å². The topological polar surface area (TPSA) is 56.8 Å². The Morgan fingerprint density at radius 3 is 3.00 bits per heavy atom. The highest BCUT2D eigenvalue weighted by atomic mass is 15.4. The van der Waals surface area contributed by atoms with Gasteiger partial charge >= 0.3 is 0 Å². The van der Waals surface area contributed by atoms with Crippen molar-refractivity contribution in [3.8, 4) is 11.4 Å². The number of anilines is 1. The standard InChI is InChI=1S/C15H21N5/c1-3-12-6-4-5-7-13(12)14-17-15(19-18-14)20-9-8-16-11(2)10-20/h4-7,11,16H,3,8-10H2,1-2H3,(H,17,18,19)/t11-/m0/s1. The number of hydrogen-bond acceptors (Lipinski definition) is 4. The Bertz CT molecular complexity index is 577. The third-order valence-electron chi connectivity index (χ3n) is 3.78. The summed E-state index contributed by atoms with van der Waals surface area (Å²) in [7, 11) is 0. The van der Waals surface area contributed by atoms with Gasteiger partial charge in [-0.05, 0) is 18.9 Å². The van der Waals surface area contributed by atoms with Crippen LogP contribution in [0.15, 0.2) is 24.3 Å². The average Bonchev–Trinajstić information content (AvgIpc) is 2.97. The fourth-order valence-electron chi connectivity index (χ4n) is 2.69. The molecule has 0 unspecified atom stereocenters. The molecule has 0 radical (unpaired) electrons. The average molecular weight is 271 g/mol. The summed E-state index contributed by atoms with van der Waals surface area (Å²) in [6.45, 7) is 7.24. The van der Waals surface area contributed by atoms with E-state index in [2.05, 4.69) is 57.4 Å². The van der Waals surface area contributed by atoms with Gasteiger partial charge in [0.25, 0.3) is 0 Å². The van der Waals surface area contributed by atoms with Crippen molar-refractivity contribution in [2.24, 2.45) is 0 Å². The van der Waals surface area contributed by atoms with Crippen molar-refractivity contribution in [2.75, 3.05) is 24.5 Å². The molecular weight excluding hydrogens is 250 g/mol. The van der Waals surface area contributed by atoms with Crippen LogP contribution in [-0.2, 0) is 6.42 Å². The lowest BCUT2D eigenvalue weighted by Crippen LogP contribution is -2.49. The minimum atomic E-state index is 0.480. The molecule has 2 aromatic rings. The quantitative estimate of drug-likeness (QED) is 0.894. The maximum absolute atomic E-state index is 4.68. The lowest BCUT2D eigenvalue weighted by molar-refractivity contribution is 0.480. The van der Waals surface area contributed by atoms with Gasteiger partial charge in [-0.2, -0.15) is 4.98 Å². The second-order valence-electron chi connectivity index (χ2n) is 5.30. The van der Waals surface area contributed by atoms with Crippen LogP contribution in [0.5, 0.6) is 0 Å². The zero-order valence-electron chi connectivity index (χ0n) is 12.1. The summed E-state index contributed by atoms with van der Waals surface area (Å²) in [6, 6.07) is 8.84. The number of piperazine rings is 1. The molecule has 0 bridgehead atoms. The van der Waals surface area contributed by atoms with Crippen LogP contribution in [-0.4, -0.2) is 40.9 Å². The van der Waals surface area contributed by atoms with E-state index in [1.807, 2.05) is 6.07 Å². The van der Waals surface area contributed by atoms with E-state index in [9.17, 15) is 0 Å². The Balaban J connectivity index is 1.86. The van der Waals surface area contributed by atoms with Crippen LogP contribution < -0.4 is 10.2 Å². The molecule has 0 saturated carbocycles. The largest absolute Gasteiger partial charge is 0.337 e. The van der Waals surface area contributed by atoms with E-state index in [1.165, 1.54) is 5.56 Å². The molecule has 1 saturated heterocycles. The highest BCUT2D eigenvalue weighted by molar-refractivity contribution is 5.61. The summed E-state index contributed by atoms with van der Waals surface area (Å²) >= 11 is 0. The number of benzene rings is 1. The lowest BCUT2D eigenvalue weighted by Gasteiger charge is -2.30. The number of rotatable bonds is 3. The maximum atomic E-state index is 4.68. The van der Waals surface area contributed by atoms with Crippen molar-refractivity contribution >= 4 is 5.95 Å². The predicted molar refractivity (Wildman–Crippen MR) is 80.9 cm³/mol. The molecule has 2 N–H and O–H groups in total. The van der Waals surface area contributed by atoms with Crippen LogP contribution in [0, 0.1) is 0 Å². The first kappa shape index (κ1) is 13.1. The van der Waals surface area contributed by atoms with E-state index < -0.39 is 0 Å². The molecule has 1 aromatic heterocycles. The number of H-pyrrole nitrogens is 1. The van der Waals surface area contributed by atoms with Crippen LogP contribution in [0.3, 0.4) is 0 Å². The van der Waals surface area contributed by atoms with Gasteiger partial charge in [0.2, 0.25) is 5.95 Å². The molecule has 5 heteroatoms. The fourth-order valence-corrected chi connectivity index (χ4v) is 2.69. The third-order valence-corrected chi connectivity index (χ3v) is 3.78. The molecule has 0 amide bonds. The third kappa shape index (κ3) is 2.54. The van der Waals surface area contributed by atoms with Crippen LogP contribution >= 0.6 is 0 Å². The van der Waals surface area contributed by atoms with Gasteiger partial charge in [0.05, 0.1) is 0 Å². The highest BCUT2D eigenvalue weighted by Crippen LogP contribution is 2.22. The number of aromatic nitrogens is 3. The molecule has 0 aliphatic carbocycles. The van der Waals surface area contributed by atoms with Gasteiger partial charge in [-0.1, -0.05) is 31.2 Å². The van der Waals surface area contributed by atoms with Crippen LogP contribution in [0.1, 0.15) is 19.4 Å². The SMILES string of the molecule is CCc1ccccc1-c1nc(N2CCN[C@@H](C)C2)n[nH]1. The van der Waals surface area contributed by atoms with Gasteiger partial charge in [0.1, 0.15) is 0 Å². The summed E-state index contributed by atoms with van der Waals surface area (Å²) in [5.74, 6) is 1.67. The fraction of sp³-hybridized carbons (Fsp3) is 0.467. The maximum Gasteiger partial charge on any atom is 0.245 e. The highest BCUT2D eigenvalue weighted by Gasteiger charge is 2.19. The molecule has 20 heavy (non-hydrogen) atoms. The van der Waals surface area contributed by atoms with Gasteiger partial charge < -0.3 is 10.2 Å². The summed E-state index contributed by atoms with van der Waals surface area (Å²) in [5.41, 5.74) is 2.45. The molecule has 5 nitrogen and oxygen atoms in total. The molecular formula is C15H21N5. The number of aryl methyl sites for hydroxylation is 1. The Labute approximate surface area is 119 Å². The predicted octanol–water partition coefficient (Wildman–Crippen LogP) is 1.83. The minimum absolute atomic E-state index is 0.480. The van der Waals surface area contributed by atoms with Crippen molar-refractivity contribution in [1.82, 2.24) is 20.5 Å². The number of nitrogens with one attached hydrogen (secondary N) is 2. The van der Waals surface area contributed by atoms with E-state index >= 15 is 0 Å². The van der Waals surface area contributed by atoms with Crippen molar-refractivity contribution in [3.63, 3.8) is 0 Å². The van der Waals surface area contributed by atoms with Crippen LogP contribution in [0.2, 0.25) is 0 Å². The van der Waals surface area contributed by atoms with Gasteiger partial charge in [0.15, 0.2) is 5.82 Å². The van der Waals surface area contributed by atoms with Crippen molar-refractivity contribution in [1.29, 1.82) is 0 Å². The van der Waals surface area contributed by atoms with E-state index in [1.54, 1.807) is 0 Å². The van der Waals surface area contributed by atoms with E-state index in [4.69, 9.17) is 0 Å². The van der Waals surface area contributed by atoms with Crippen LogP contribution in [0.25, 0.3) is 11.4 Å². The summed E-state index contributed by atoms with van der Waals surface area (Å²) in [4.78, 5) is 6.91. The first-order valence-corrected chi connectivity index (χ1v) is 7.27. The van der Waals surface area contributed by atoms with Gasteiger partial charge in [-0.15, -0.1) is 5.10 Å². The van der Waals surface area contributed by atoms with Gasteiger partial charge in [-0.3, -0.25) is 5.10 Å². The summed E-state index contributed by atoms with van der Waals surface area (Å²) < 4.78 is 0. The summed E-state index contributed by atoms with van der Waals surface area (Å²) in [5, 5.41) is 10.9. The van der Waals surface area contributed by atoms with Gasteiger partial charge in [-0.25, -0.2) is 0 Å². The Morgan fingerprint density at radius 2 is 2.20 bits per heavy atom. The molecule has 106 valence electrons. The first-order valence-electron chi connectivity index (χ1n) is 7.27. The molecule has 2 heterocycles. The molecule has 1 aromatic carbocycles. The van der Waals surface area contributed by atoms with Crippen molar-refractivity contribution in [3.05, 3.63) is 29.8 Å². The van der Waals surface area contributed by atoms with E-state index in [0.717, 1.165) is 43.4 Å². The lowest BCUT2D eigenvalue weighted by atomic mass is 10.1. The van der Waals surface area contributed by atoms with Crippen LogP contribution in [0.4, 0.5) is 5.95 Å². The first-order chi connectivity index (χ1) is 9.78. The number of hydrogen-bond donors (Lipinski definition) is 2. The monoisotopic (exact) mass is 271 g/mol. The zero-order chi connectivity index (χ0) is 13.9. The zero-order valence-corrected chi connectivity index (χ0v) is 12.1. The smallest absolute Gasteiger partial charge is 0.245 e. The van der Waals surface area contributed by atoms with Gasteiger partial charge in [0, 0.05) is 31.2 Å². The molecule has 1 aliphatic rings. The van der Waals surface area contributed by atoms with E-state index in [0.29, 0.717) is 6.04 Å². The van der Waals surface area contributed by atoms with E-state index in [-0.39, 0.29) is 0 Å².